The molecule has 0 fully saturated rings. The second-order valence-corrected chi connectivity index (χ2v) is 6.25. The topological polar surface area (TPSA) is 99.1 Å². The van der Waals surface area contributed by atoms with Crippen molar-refractivity contribution in [3.63, 3.8) is 0 Å². The monoisotopic (exact) mass is 359 g/mol. The summed E-state index contributed by atoms with van der Waals surface area (Å²) in [5.41, 5.74) is 1.05. The molecule has 3 heterocycles. The van der Waals surface area contributed by atoms with E-state index in [1.165, 1.54) is 15.9 Å². The van der Waals surface area contributed by atoms with Gasteiger partial charge in [-0.15, -0.1) is 11.3 Å². The largest absolute Gasteiger partial charge is 0.462 e. The van der Waals surface area contributed by atoms with Crippen LogP contribution in [0.2, 0.25) is 0 Å². The number of aryl methyl sites for hydroxylation is 1. The Morgan fingerprint density at radius 1 is 1.58 bits per heavy atom. The summed E-state index contributed by atoms with van der Waals surface area (Å²) in [6.07, 6.45) is 0. The second kappa shape index (κ2) is 6.07. The Hall–Kier alpha value is -2.70. The molecule has 0 spiro atoms. The summed E-state index contributed by atoms with van der Waals surface area (Å²) in [4.78, 5) is 13.2. The van der Waals surface area contributed by atoms with E-state index in [0.29, 0.717) is 16.0 Å². The Balaban J connectivity index is 2.58. The molecule has 0 radical (unpaired) electrons. The molecular weight excluding hydrogens is 346 g/mol. The number of carbonyl (C=O) groups is 1. The Labute approximate surface area is 145 Å². The van der Waals surface area contributed by atoms with E-state index in [1.807, 2.05) is 11.4 Å². The minimum atomic E-state index is -0.639. The Morgan fingerprint density at radius 3 is 2.92 bits per heavy atom. The van der Waals surface area contributed by atoms with Crippen LogP contribution in [-0.4, -0.2) is 26.8 Å². The summed E-state index contributed by atoms with van der Waals surface area (Å²) in [5.74, 6) is -0.639. The normalized spacial score (nSPS) is 10.7. The highest BCUT2D eigenvalue weighted by Gasteiger charge is 2.26. The summed E-state index contributed by atoms with van der Waals surface area (Å²) in [6.45, 7) is 1.87. The number of thiophene rings is 1. The molecule has 3 rings (SSSR count). The van der Waals surface area contributed by atoms with Crippen molar-refractivity contribution in [3.8, 4) is 16.5 Å². The molecule has 2 N–H and O–H groups in total. The third-order valence-corrected chi connectivity index (χ3v) is 4.84. The Kier molecular flexibility index (Phi) is 4.09. The van der Waals surface area contributed by atoms with Crippen LogP contribution in [-0.2, 0) is 11.8 Å². The van der Waals surface area contributed by atoms with Gasteiger partial charge in [0.25, 0.3) is 0 Å². The van der Waals surface area contributed by atoms with Crippen molar-refractivity contribution in [2.45, 2.75) is 6.92 Å². The van der Waals surface area contributed by atoms with Crippen LogP contribution in [0.3, 0.4) is 0 Å². The van der Waals surface area contributed by atoms with Crippen molar-refractivity contribution < 1.29 is 9.53 Å². The van der Waals surface area contributed by atoms with E-state index in [4.69, 9.17) is 22.4 Å². The third-order valence-electron chi connectivity index (χ3n) is 3.58. The fourth-order valence-electron chi connectivity index (χ4n) is 2.55. The van der Waals surface area contributed by atoms with Gasteiger partial charge in [0.15, 0.2) is 15.9 Å². The van der Waals surface area contributed by atoms with Gasteiger partial charge in [0.2, 0.25) is 0 Å². The fourth-order valence-corrected chi connectivity index (χ4v) is 3.51. The van der Waals surface area contributed by atoms with Crippen LogP contribution in [0, 0.1) is 21.5 Å². The number of nitrogens with zero attached hydrogens (tertiary/aromatic N) is 3. The van der Waals surface area contributed by atoms with Gasteiger partial charge in [-0.05, 0) is 30.6 Å². The zero-order valence-corrected chi connectivity index (χ0v) is 14.5. The molecule has 0 aliphatic carbocycles. The number of rotatable bonds is 3. The van der Waals surface area contributed by atoms with E-state index >= 15 is 0 Å². The lowest BCUT2D eigenvalue weighted by molar-refractivity contribution is 0.0524. The zero-order chi connectivity index (χ0) is 17.4. The molecule has 0 aliphatic rings. The molecular formula is C15H13N5O2S2. The van der Waals surface area contributed by atoms with Gasteiger partial charge in [-0.3, -0.25) is 10.5 Å². The Morgan fingerprint density at radius 2 is 2.33 bits per heavy atom. The first kappa shape index (κ1) is 16.2. The van der Waals surface area contributed by atoms with Crippen molar-refractivity contribution in [3.05, 3.63) is 38.9 Å². The summed E-state index contributed by atoms with van der Waals surface area (Å²) in [5, 5.41) is 22.9. The smallest absolute Gasteiger partial charge is 0.342 e. The summed E-state index contributed by atoms with van der Waals surface area (Å²) in [7, 11) is 1.71. The quantitative estimate of drug-likeness (QED) is 0.554. The van der Waals surface area contributed by atoms with Gasteiger partial charge in [-0.2, -0.15) is 5.26 Å². The maximum absolute atomic E-state index is 12.5. The number of ether oxygens (including phenoxy) is 1. The van der Waals surface area contributed by atoms with Gasteiger partial charge in [-0.1, -0.05) is 6.07 Å². The minimum absolute atomic E-state index is 0.0465. The molecule has 0 bridgehead atoms. The van der Waals surface area contributed by atoms with E-state index in [-0.39, 0.29) is 23.2 Å². The summed E-state index contributed by atoms with van der Waals surface area (Å²) < 4.78 is 8.40. The highest BCUT2D eigenvalue weighted by Crippen LogP contribution is 2.32. The number of nitrogens with one attached hydrogen (secondary N) is 2. The first-order valence-electron chi connectivity index (χ1n) is 7.04. The number of carbonyl (C=O) groups excluding carboxylic acids is 1. The van der Waals surface area contributed by atoms with Crippen LogP contribution in [0.25, 0.3) is 16.1 Å². The second-order valence-electron chi connectivity index (χ2n) is 4.92. The standard InChI is InChI=1S/C15H13N5O2S2/c1-3-22-14(21)11-10(9-5-4-6-24-9)8(7-16)13-19(2)15(23)18-20(13)12(11)17/h4-6,17H,3H2,1-2H3,(H,18,23). The lowest BCUT2D eigenvalue weighted by Gasteiger charge is -2.12. The lowest BCUT2D eigenvalue weighted by Crippen LogP contribution is -2.27. The SMILES string of the molecule is CCOC(=O)c1c(-c2cccs2)c(C#N)c2n(C)c(=S)[nH]n2c1=N. The van der Waals surface area contributed by atoms with Gasteiger partial charge in [-0.25, -0.2) is 9.31 Å². The zero-order valence-electron chi connectivity index (χ0n) is 12.9. The van der Waals surface area contributed by atoms with Gasteiger partial charge in [0.05, 0.1) is 6.61 Å². The number of nitriles is 1. The first-order valence-corrected chi connectivity index (χ1v) is 8.33. The van der Waals surface area contributed by atoms with E-state index in [0.717, 1.165) is 4.88 Å². The van der Waals surface area contributed by atoms with Crippen molar-refractivity contribution >= 4 is 35.2 Å². The van der Waals surface area contributed by atoms with E-state index in [1.54, 1.807) is 24.6 Å². The molecule has 0 aliphatic heterocycles. The van der Waals surface area contributed by atoms with E-state index in [9.17, 15) is 10.1 Å². The molecule has 7 nitrogen and oxygen atoms in total. The predicted octanol–water partition coefficient (Wildman–Crippen LogP) is 2.59. The number of aromatic nitrogens is 3. The van der Waals surface area contributed by atoms with Gasteiger partial charge in [0, 0.05) is 17.5 Å². The summed E-state index contributed by atoms with van der Waals surface area (Å²) in [6, 6.07) is 5.79. The van der Waals surface area contributed by atoms with E-state index < -0.39 is 5.97 Å². The molecule has 0 aromatic carbocycles. The van der Waals surface area contributed by atoms with Crippen LogP contribution in [0.1, 0.15) is 22.8 Å². The van der Waals surface area contributed by atoms with Crippen LogP contribution >= 0.6 is 23.6 Å². The lowest BCUT2D eigenvalue weighted by atomic mass is 10.0. The van der Waals surface area contributed by atoms with Crippen LogP contribution in [0.4, 0.5) is 0 Å². The molecule has 0 amide bonds. The van der Waals surface area contributed by atoms with Crippen LogP contribution < -0.4 is 5.49 Å². The van der Waals surface area contributed by atoms with Crippen LogP contribution in [0.15, 0.2) is 17.5 Å². The number of fused-ring (bicyclic) bond motifs is 1. The van der Waals surface area contributed by atoms with Gasteiger partial charge >= 0.3 is 5.97 Å². The molecule has 3 aromatic rings. The predicted molar refractivity (Wildman–Crippen MR) is 91.4 cm³/mol. The number of hydrogen-bond donors (Lipinski definition) is 2. The van der Waals surface area contributed by atoms with Crippen molar-refractivity contribution in [1.29, 1.82) is 10.7 Å². The molecule has 122 valence electrons. The van der Waals surface area contributed by atoms with Crippen molar-refractivity contribution in [2.75, 3.05) is 6.61 Å². The highest BCUT2D eigenvalue weighted by molar-refractivity contribution is 7.71. The molecule has 3 aromatic heterocycles. The highest BCUT2D eigenvalue weighted by atomic mass is 32.1. The summed E-state index contributed by atoms with van der Waals surface area (Å²) >= 11 is 6.59. The first-order chi connectivity index (χ1) is 11.5. The molecule has 24 heavy (non-hydrogen) atoms. The number of hydrogen-bond acceptors (Lipinski definition) is 6. The third kappa shape index (κ3) is 2.28. The van der Waals surface area contributed by atoms with E-state index in [2.05, 4.69) is 11.2 Å². The van der Waals surface area contributed by atoms with Crippen molar-refractivity contribution in [2.24, 2.45) is 7.05 Å². The molecule has 0 unspecified atom stereocenters. The average molecular weight is 359 g/mol. The molecule has 0 saturated carbocycles. The Bertz CT molecular complexity index is 1100. The van der Waals surface area contributed by atoms with Gasteiger partial charge < -0.3 is 9.30 Å². The maximum atomic E-state index is 12.5. The molecule has 0 atom stereocenters. The molecule has 0 saturated heterocycles. The average Bonchev–Trinajstić information content (AvgIpc) is 3.17. The van der Waals surface area contributed by atoms with Crippen LogP contribution in [0.5, 0.6) is 0 Å². The fraction of sp³-hybridized carbons (Fsp3) is 0.200. The number of aromatic amines is 1. The maximum Gasteiger partial charge on any atom is 0.342 e. The number of pyridine rings is 1. The van der Waals surface area contributed by atoms with Gasteiger partial charge in [0.1, 0.15) is 17.2 Å². The van der Waals surface area contributed by atoms with Crippen molar-refractivity contribution in [1.82, 2.24) is 14.2 Å². The molecule has 9 heteroatoms. The number of esters is 1. The number of H-pyrrole nitrogens is 1. The minimum Gasteiger partial charge on any atom is -0.462 e.